The second-order valence-electron chi connectivity index (χ2n) is 6.77. The number of carbonyl (C=O) groups is 2. The SMILES string of the molecule is CNc1ccc([N+](=O)[O-])cc1C(=O)NCc1cccc(NC(=O)CC(C)C)c1. The lowest BCUT2D eigenvalue weighted by molar-refractivity contribution is -0.384. The highest BCUT2D eigenvalue weighted by molar-refractivity contribution is 6.00. The normalized spacial score (nSPS) is 10.4. The van der Waals surface area contributed by atoms with Gasteiger partial charge in [-0.2, -0.15) is 0 Å². The van der Waals surface area contributed by atoms with Crippen molar-refractivity contribution in [2.75, 3.05) is 17.7 Å². The van der Waals surface area contributed by atoms with Crippen LogP contribution in [0.2, 0.25) is 0 Å². The maximum Gasteiger partial charge on any atom is 0.270 e. The van der Waals surface area contributed by atoms with Crippen LogP contribution in [-0.4, -0.2) is 23.8 Å². The lowest BCUT2D eigenvalue weighted by Crippen LogP contribution is -2.24. The van der Waals surface area contributed by atoms with Crippen molar-refractivity contribution >= 4 is 28.9 Å². The van der Waals surface area contributed by atoms with Gasteiger partial charge >= 0.3 is 0 Å². The lowest BCUT2D eigenvalue weighted by atomic mass is 10.1. The molecular formula is C20H24N4O4. The van der Waals surface area contributed by atoms with Crippen LogP contribution >= 0.6 is 0 Å². The van der Waals surface area contributed by atoms with Crippen LogP contribution in [0.1, 0.15) is 36.2 Å². The summed E-state index contributed by atoms with van der Waals surface area (Å²) in [6, 6.07) is 11.3. The number of non-ortho nitro benzene ring substituents is 1. The molecule has 0 aliphatic rings. The average Bonchev–Trinajstić information content (AvgIpc) is 2.65. The predicted molar refractivity (Wildman–Crippen MR) is 108 cm³/mol. The fourth-order valence-electron chi connectivity index (χ4n) is 2.67. The summed E-state index contributed by atoms with van der Waals surface area (Å²) in [4.78, 5) is 34.8. The quantitative estimate of drug-likeness (QED) is 0.476. The van der Waals surface area contributed by atoms with Gasteiger partial charge in [0.2, 0.25) is 5.91 Å². The molecule has 0 aromatic heterocycles. The number of carbonyl (C=O) groups excluding carboxylic acids is 2. The van der Waals surface area contributed by atoms with Crippen molar-refractivity contribution in [3.63, 3.8) is 0 Å². The molecule has 0 spiro atoms. The zero-order chi connectivity index (χ0) is 20.7. The number of nitro groups is 1. The molecule has 0 unspecified atom stereocenters. The van der Waals surface area contributed by atoms with Gasteiger partial charge in [0.1, 0.15) is 0 Å². The van der Waals surface area contributed by atoms with Crippen LogP contribution in [-0.2, 0) is 11.3 Å². The van der Waals surface area contributed by atoms with Gasteiger partial charge in [0, 0.05) is 43.5 Å². The number of nitro benzene ring substituents is 1. The molecule has 148 valence electrons. The van der Waals surface area contributed by atoms with Crippen molar-refractivity contribution in [1.82, 2.24) is 5.32 Å². The van der Waals surface area contributed by atoms with Crippen molar-refractivity contribution in [3.05, 3.63) is 63.7 Å². The van der Waals surface area contributed by atoms with Gasteiger partial charge in [0.25, 0.3) is 11.6 Å². The number of nitrogens with zero attached hydrogens (tertiary/aromatic N) is 1. The molecule has 3 N–H and O–H groups in total. The molecule has 0 aliphatic heterocycles. The van der Waals surface area contributed by atoms with E-state index in [0.29, 0.717) is 17.8 Å². The molecule has 2 aromatic rings. The first-order valence-electron chi connectivity index (χ1n) is 8.93. The minimum atomic E-state index is -0.542. The summed E-state index contributed by atoms with van der Waals surface area (Å²) in [6.45, 7) is 4.16. The van der Waals surface area contributed by atoms with E-state index >= 15 is 0 Å². The lowest BCUT2D eigenvalue weighted by Gasteiger charge is -2.11. The van der Waals surface area contributed by atoms with E-state index in [1.165, 1.54) is 18.2 Å². The van der Waals surface area contributed by atoms with Gasteiger partial charge in [-0.1, -0.05) is 26.0 Å². The smallest absolute Gasteiger partial charge is 0.270 e. The molecule has 0 radical (unpaired) electrons. The van der Waals surface area contributed by atoms with Crippen molar-refractivity contribution in [1.29, 1.82) is 0 Å². The van der Waals surface area contributed by atoms with Crippen LogP contribution in [0.4, 0.5) is 17.1 Å². The highest BCUT2D eigenvalue weighted by atomic mass is 16.6. The Morgan fingerprint density at radius 3 is 2.54 bits per heavy atom. The number of amides is 2. The summed E-state index contributed by atoms with van der Waals surface area (Å²) < 4.78 is 0. The van der Waals surface area contributed by atoms with Crippen molar-refractivity contribution in [3.8, 4) is 0 Å². The maximum atomic E-state index is 12.5. The van der Waals surface area contributed by atoms with E-state index in [0.717, 1.165) is 5.56 Å². The number of anilines is 2. The standard InChI is InChI=1S/C20H24N4O4/c1-13(2)9-19(25)23-15-6-4-5-14(10-15)12-22-20(26)17-11-16(24(27)28)7-8-18(17)21-3/h4-8,10-11,13,21H,9,12H2,1-3H3,(H,22,26)(H,23,25). The summed E-state index contributed by atoms with van der Waals surface area (Å²) in [5, 5.41) is 19.4. The number of rotatable bonds is 8. The van der Waals surface area contributed by atoms with Gasteiger partial charge in [-0.05, 0) is 29.7 Å². The van der Waals surface area contributed by atoms with Crippen LogP contribution in [0, 0.1) is 16.0 Å². The van der Waals surface area contributed by atoms with Crippen LogP contribution in [0.5, 0.6) is 0 Å². The van der Waals surface area contributed by atoms with Gasteiger partial charge < -0.3 is 16.0 Å². The summed E-state index contributed by atoms with van der Waals surface area (Å²) >= 11 is 0. The number of benzene rings is 2. The first-order chi connectivity index (χ1) is 13.3. The summed E-state index contributed by atoms with van der Waals surface area (Å²) in [7, 11) is 1.64. The van der Waals surface area contributed by atoms with Crippen LogP contribution in [0.3, 0.4) is 0 Å². The predicted octanol–water partition coefficient (Wildman–Crippen LogP) is 3.55. The maximum absolute atomic E-state index is 12.5. The van der Waals surface area contributed by atoms with Gasteiger partial charge in [0.15, 0.2) is 0 Å². The van der Waals surface area contributed by atoms with E-state index < -0.39 is 10.8 Å². The molecule has 8 heteroatoms. The second-order valence-corrected chi connectivity index (χ2v) is 6.77. The summed E-state index contributed by atoms with van der Waals surface area (Å²) in [5.74, 6) is -0.229. The van der Waals surface area contributed by atoms with E-state index in [1.54, 1.807) is 25.2 Å². The molecule has 2 aromatic carbocycles. The molecular weight excluding hydrogens is 360 g/mol. The topological polar surface area (TPSA) is 113 Å². The van der Waals surface area contributed by atoms with E-state index in [2.05, 4.69) is 16.0 Å². The van der Waals surface area contributed by atoms with Crippen molar-refractivity contribution < 1.29 is 14.5 Å². The molecule has 0 bridgehead atoms. The highest BCUT2D eigenvalue weighted by Crippen LogP contribution is 2.22. The monoisotopic (exact) mass is 384 g/mol. The molecule has 28 heavy (non-hydrogen) atoms. The van der Waals surface area contributed by atoms with E-state index in [-0.39, 0.29) is 29.6 Å². The van der Waals surface area contributed by atoms with Crippen molar-refractivity contribution in [2.45, 2.75) is 26.8 Å². The molecule has 2 rings (SSSR count). The molecule has 0 saturated carbocycles. The Kier molecular flexibility index (Phi) is 7.08. The summed E-state index contributed by atoms with van der Waals surface area (Å²) in [5.41, 5.74) is 1.99. The molecule has 0 atom stereocenters. The molecule has 8 nitrogen and oxygen atoms in total. The van der Waals surface area contributed by atoms with Gasteiger partial charge in [-0.15, -0.1) is 0 Å². The van der Waals surface area contributed by atoms with Gasteiger partial charge in [-0.3, -0.25) is 19.7 Å². The Labute approximate surface area is 163 Å². The van der Waals surface area contributed by atoms with E-state index in [1.807, 2.05) is 19.9 Å². The molecule has 2 amide bonds. The minimum absolute atomic E-state index is 0.0635. The Balaban J connectivity index is 2.07. The first-order valence-corrected chi connectivity index (χ1v) is 8.93. The molecule has 0 aliphatic carbocycles. The average molecular weight is 384 g/mol. The Morgan fingerprint density at radius 2 is 1.89 bits per heavy atom. The second kappa shape index (κ2) is 9.50. The van der Waals surface area contributed by atoms with Gasteiger partial charge in [0.05, 0.1) is 10.5 Å². The van der Waals surface area contributed by atoms with Crippen LogP contribution in [0.25, 0.3) is 0 Å². The molecule has 0 saturated heterocycles. The molecule has 0 fully saturated rings. The zero-order valence-electron chi connectivity index (χ0n) is 16.1. The third-order valence-electron chi connectivity index (χ3n) is 3.99. The Bertz CT molecular complexity index is 880. The Hall–Kier alpha value is -3.42. The van der Waals surface area contributed by atoms with Crippen molar-refractivity contribution in [2.24, 2.45) is 5.92 Å². The number of nitrogens with one attached hydrogen (secondary N) is 3. The van der Waals surface area contributed by atoms with E-state index in [4.69, 9.17) is 0 Å². The minimum Gasteiger partial charge on any atom is -0.387 e. The first kappa shape index (κ1) is 20.9. The Morgan fingerprint density at radius 1 is 1.14 bits per heavy atom. The van der Waals surface area contributed by atoms with Crippen LogP contribution < -0.4 is 16.0 Å². The largest absolute Gasteiger partial charge is 0.387 e. The highest BCUT2D eigenvalue weighted by Gasteiger charge is 2.16. The third kappa shape index (κ3) is 5.80. The van der Waals surface area contributed by atoms with Crippen LogP contribution in [0.15, 0.2) is 42.5 Å². The molecule has 0 heterocycles. The number of hydrogen-bond acceptors (Lipinski definition) is 5. The van der Waals surface area contributed by atoms with Gasteiger partial charge in [-0.25, -0.2) is 0 Å². The van der Waals surface area contributed by atoms with E-state index in [9.17, 15) is 19.7 Å². The third-order valence-corrected chi connectivity index (χ3v) is 3.99. The summed E-state index contributed by atoms with van der Waals surface area (Å²) in [6.07, 6.45) is 0.431. The number of hydrogen-bond donors (Lipinski definition) is 3. The fraction of sp³-hybridized carbons (Fsp3) is 0.300. The fourth-order valence-corrected chi connectivity index (χ4v) is 2.67. The zero-order valence-corrected chi connectivity index (χ0v) is 16.1.